The number of pyridine rings is 2. The summed E-state index contributed by atoms with van der Waals surface area (Å²) in [7, 11) is 0. The van der Waals surface area contributed by atoms with Gasteiger partial charge in [-0.2, -0.15) is 0 Å². The number of fused-ring (bicyclic) bond motifs is 4. The minimum Gasteiger partial charge on any atom is -0.512 e. The molecule has 0 saturated carbocycles. The molecule has 0 unspecified atom stereocenters. The molecule has 1 radical (unpaired) electrons. The number of rotatable bonds is 1. The summed E-state index contributed by atoms with van der Waals surface area (Å²) in [6, 6.07) is 15.0. The van der Waals surface area contributed by atoms with E-state index in [0.717, 1.165) is 16.8 Å². The second kappa shape index (κ2) is 8.93. The molecule has 0 bridgehead atoms. The third-order valence-corrected chi connectivity index (χ3v) is 5.67. The van der Waals surface area contributed by atoms with Crippen LogP contribution in [0, 0.1) is 13.1 Å². The van der Waals surface area contributed by atoms with E-state index in [0.29, 0.717) is 0 Å². The Morgan fingerprint density at radius 2 is 1.84 bits per heavy atom. The number of ketones is 1. The summed E-state index contributed by atoms with van der Waals surface area (Å²) in [5.74, 6) is -0.0625. The molecule has 0 atom stereocenters. The third kappa shape index (κ3) is 4.11. The summed E-state index contributed by atoms with van der Waals surface area (Å²) in [6.07, 6.45) is 6.35. The maximum atomic E-state index is 10.0. The number of aliphatic hydroxyl groups is 1. The summed E-state index contributed by atoms with van der Waals surface area (Å²) in [5, 5.41) is 12.0. The Balaban J connectivity index is 0.000000318. The van der Waals surface area contributed by atoms with Crippen molar-refractivity contribution in [3.8, 4) is 11.3 Å². The first kappa shape index (κ1) is 23.8. The zero-order valence-electron chi connectivity index (χ0n) is 18.8. The molecule has 0 spiro atoms. The van der Waals surface area contributed by atoms with E-state index in [9.17, 15) is 4.79 Å². The van der Waals surface area contributed by atoms with Crippen molar-refractivity contribution >= 4 is 27.5 Å². The summed E-state index contributed by atoms with van der Waals surface area (Å²) < 4.78 is 0. The Labute approximate surface area is 201 Å². The number of para-hydroxylation sites is 1. The molecule has 0 amide bonds. The molecule has 1 aliphatic carbocycles. The molecule has 5 heteroatoms. The van der Waals surface area contributed by atoms with Crippen LogP contribution >= 0.6 is 0 Å². The van der Waals surface area contributed by atoms with Crippen LogP contribution in [-0.2, 0) is 30.3 Å². The fourth-order valence-corrected chi connectivity index (χ4v) is 4.49. The first-order valence-corrected chi connectivity index (χ1v) is 10.3. The van der Waals surface area contributed by atoms with Crippen LogP contribution in [-0.4, -0.2) is 20.9 Å². The monoisotopic (exact) mass is 602 g/mol. The minimum absolute atomic E-state index is 0. The van der Waals surface area contributed by atoms with Crippen LogP contribution in [0.25, 0.3) is 32.9 Å². The summed E-state index contributed by atoms with van der Waals surface area (Å²) in [6.45, 7) is 9.62. The topological polar surface area (TPSA) is 63.1 Å². The van der Waals surface area contributed by atoms with Gasteiger partial charge in [0.15, 0.2) is 5.78 Å². The number of aliphatic hydroxyl groups excluding tert-OH is 1. The van der Waals surface area contributed by atoms with E-state index in [2.05, 4.69) is 68.4 Å². The molecule has 2 aromatic heterocycles. The molecule has 2 heterocycles. The van der Waals surface area contributed by atoms with Gasteiger partial charge in [0.25, 0.3) is 0 Å². The Hall–Kier alpha value is -2.88. The van der Waals surface area contributed by atoms with Gasteiger partial charge in [-0.3, -0.25) is 4.79 Å². The molecule has 4 aromatic rings. The van der Waals surface area contributed by atoms with E-state index in [1.54, 1.807) is 0 Å². The van der Waals surface area contributed by atoms with Crippen LogP contribution in [0.2, 0.25) is 0 Å². The Bertz CT molecular complexity index is 1370. The molecular formula is C27H25IrN2O2-. The molecule has 4 nitrogen and oxygen atoms in total. The van der Waals surface area contributed by atoms with Crippen molar-refractivity contribution in [2.75, 3.05) is 0 Å². The van der Waals surface area contributed by atoms with Gasteiger partial charge in [0.1, 0.15) is 0 Å². The number of aryl methyl sites for hydroxylation is 1. The number of nitrogens with zero attached hydrogens (tertiary/aromatic N) is 2. The quantitative estimate of drug-likeness (QED) is 0.160. The average molecular weight is 602 g/mol. The number of hydrogen-bond donors (Lipinski definition) is 1. The Morgan fingerprint density at radius 3 is 2.50 bits per heavy atom. The molecule has 0 aliphatic heterocycles. The predicted molar refractivity (Wildman–Crippen MR) is 125 cm³/mol. The van der Waals surface area contributed by atoms with Crippen molar-refractivity contribution in [2.24, 2.45) is 0 Å². The number of carbonyl (C=O) groups excluding carboxylic acids is 1. The second-order valence-corrected chi connectivity index (χ2v) is 8.58. The van der Waals surface area contributed by atoms with Crippen LogP contribution in [0.1, 0.15) is 44.4 Å². The van der Waals surface area contributed by atoms with Crippen molar-refractivity contribution < 1.29 is 30.0 Å². The van der Waals surface area contributed by atoms with Gasteiger partial charge in [0, 0.05) is 32.4 Å². The number of carbonyl (C=O) groups is 1. The van der Waals surface area contributed by atoms with Crippen molar-refractivity contribution in [3.05, 3.63) is 83.4 Å². The number of aromatic nitrogens is 2. The Kier molecular flexibility index (Phi) is 6.64. The van der Waals surface area contributed by atoms with Gasteiger partial charge in [0.2, 0.25) is 0 Å². The molecule has 165 valence electrons. The smallest absolute Gasteiger partial charge is 0.155 e. The van der Waals surface area contributed by atoms with E-state index >= 15 is 0 Å². The van der Waals surface area contributed by atoms with Gasteiger partial charge in [-0.25, -0.2) is 0 Å². The van der Waals surface area contributed by atoms with Crippen LogP contribution in [0.15, 0.2) is 60.5 Å². The molecule has 0 fully saturated rings. The summed E-state index contributed by atoms with van der Waals surface area (Å²) in [4.78, 5) is 19.3. The molecule has 2 aromatic carbocycles. The number of benzene rings is 2. The first-order valence-electron chi connectivity index (χ1n) is 10.3. The van der Waals surface area contributed by atoms with Crippen LogP contribution in [0.4, 0.5) is 0 Å². The zero-order valence-corrected chi connectivity index (χ0v) is 21.2. The maximum Gasteiger partial charge on any atom is 0.155 e. The van der Waals surface area contributed by atoms with E-state index in [1.165, 1.54) is 52.8 Å². The van der Waals surface area contributed by atoms with Crippen molar-refractivity contribution in [3.63, 3.8) is 0 Å². The van der Waals surface area contributed by atoms with Crippen LogP contribution in [0.5, 0.6) is 0 Å². The zero-order chi connectivity index (χ0) is 22.3. The van der Waals surface area contributed by atoms with Crippen LogP contribution in [0.3, 0.4) is 0 Å². The van der Waals surface area contributed by atoms with Gasteiger partial charge in [0.05, 0.1) is 5.76 Å². The molecule has 32 heavy (non-hydrogen) atoms. The van der Waals surface area contributed by atoms with Crippen molar-refractivity contribution in [1.29, 1.82) is 0 Å². The van der Waals surface area contributed by atoms with Gasteiger partial charge in [-0.15, -0.1) is 11.1 Å². The second-order valence-electron chi connectivity index (χ2n) is 8.58. The fraction of sp³-hybridized carbons (Fsp3) is 0.222. The van der Waals surface area contributed by atoms with Crippen molar-refractivity contribution in [2.45, 2.75) is 40.0 Å². The molecule has 5 rings (SSSR count). The fourth-order valence-electron chi connectivity index (χ4n) is 4.49. The normalized spacial score (nSPS) is 13.6. The molecule has 1 aliphatic rings. The van der Waals surface area contributed by atoms with E-state index < -0.39 is 0 Å². The van der Waals surface area contributed by atoms with Gasteiger partial charge in [-0.05, 0) is 66.0 Å². The summed E-state index contributed by atoms with van der Waals surface area (Å²) in [5.41, 5.74) is 6.84. The molecular weight excluding hydrogens is 577 g/mol. The van der Waals surface area contributed by atoms with Crippen molar-refractivity contribution in [1.82, 2.24) is 9.97 Å². The van der Waals surface area contributed by atoms with E-state index in [4.69, 9.17) is 10.1 Å². The maximum absolute atomic E-state index is 10.0. The van der Waals surface area contributed by atoms with Gasteiger partial charge in [-0.1, -0.05) is 61.2 Å². The minimum atomic E-state index is -0.125. The van der Waals surface area contributed by atoms with E-state index in [1.807, 2.05) is 12.3 Å². The Morgan fingerprint density at radius 1 is 1.12 bits per heavy atom. The first-order chi connectivity index (χ1) is 14.7. The molecule has 0 saturated heterocycles. The molecule has 1 N–H and O–H groups in total. The largest absolute Gasteiger partial charge is 0.512 e. The summed E-state index contributed by atoms with van der Waals surface area (Å²) >= 11 is 0. The van der Waals surface area contributed by atoms with E-state index in [-0.39, 0.29) is 37.1 Å². The number of hydrogen-bond acceptors (Lipinski definition) is 4. The SMILES string of the molecule is CC(=O)/C=C(/C)O.Cc1cc2c3c(nccc3c1)-c1[c-]nc3ccccc3c1C2(C)C.[Ir]. The van der Waals surface area contributed by atoms with Gasteiger partial charge < -0.3 is 15.1 Å². The number of allylic oxidation sites excluding steroid dienone is 2. The average Bonchev–Trinajstić information content (AvgIpc) is 2.70. The predicted octanol–water partition coefficient (Wildman–Crippen LogP) is 6.23. The third-order valence-electron chi connectivity index (χ3n) is 5.67. The standard InChI is InChI=1S/C22H17N2.C5H8O2.Ir/c1-13-10-14-8-9-23-21-16-12-24-18-7-5-4-6-15(18)20(16)22(2,3)17(11-13)19(14)21;1-4(6)3-5(2)7;/h4-11H,1-3H3;3,6H,1-2H3;/q-1;;/b;4-3-;. The van der Waals surface area contributed by atoms with Crippen LogP contribution < -0.4 is 0 Å². The van der Waals surface area contributed by atoms with Gasteiger partial charge >= 0.3 is 0 Å².